The largest absolute Gasteiger partial charge is 0.240 e. The third-order valence-electron chi connectivity index (χ3n) is 4.27. The number of unbranched alkanes of at least 4 members (excludes halogenated alkanes) is 4. The lowest BCUT2D eigenvalue weighted by Gasteiger charge is -2.23. The Morgan fingerprint density at radius 2 is 1.62 bits per heavy atom. The smallest absolute Gasteiger partial charge is 0.207 e. The summed E-state index contributed by atoms with van der Waals surface area (Å²) in [6, 6.07) is 6.71. The molecule has 4 heteroatoms. The second kappa shape index (κ2) is 10.5. The maximum Gasteiger partial charge on any atom is 0.240 e. The fraction of sp³-hybridized carbons (Fsp3) is 0.500. The monoisotopic (exact) mass is 349 g/mol. The highest BCUT2D eigenvalue weighted by Gasteiger charge is 2.23. The Bertz CT molecular complexity index is 597. The van der Waals surface area contributed by atoms with Crippen LogP contribution >= 0.6 is 0 Å². The lowest BCUT2D eigenvalue weighted by molar-refractivity contribution is 0.456. The molecule has 0 aliphatic rings. The van der Waals surface area contributed by atoms with E-state index in [2.05, 4.69) is 24.8 Å². The Kier molecular flexibility index (Phi) is 9.01. The second-order valence-corrected chi connectivity index (χ2v) is 8.01. The Morgan fingerprint density at radius 3 is 2.17 bits per heavy atom. The molecule has 0 saturated carbocycles. The van der Waals surface area contributed by atoms with Crippen LogP contribution in [0.4, 0.5) is 0 Å². The molecule has 3 nitrogen and oxygen atoms in total. The number of rotatable bonds is 12. The molecule has 0 fully saturated rings. The van der Waals surface area contributed by atoms with E-state index in [1.54, 1.807) is 24.3 Å². The maximum atomic E-state index is 12.6. The zero-order valence-corrected chi connectivity index (χ0v) is 15.8. The molecule has 0 amide bonds. The lowest BCUT2D eigenvalue weighted by atomic mass is 9.95. The predicted octanol–water partition coefficient (Wildman–Crippen LogP) is 4.99. The summed E-state index contributed by atoms with van der Waals surface area (Å²) in [4.78, 5) is 0.302. The van der Waals surface area contributed by atoms with E-state index < -0.39 is 10.0 Å². The van der Waals surface area contributed by atoms with Gasteiger partial charge in [-0.25, -0.2) is 13.1 Å². The molecule has 0 bridgehead atoms. The van der Waals surface area contributed by atoms with Gasteiger partial charge in [-0.1, -0.05) is 68.9 Å². The van der Waals surface area contributed by atoms with Crippen LogP contribution in [0, 0.1) is 12.8 Å². The molecule has 1 aromatic rings. The fourth-order valence-electron chi connectivity index (χ4n) is 2.71. The highest BCUT2D eigenvalue weighted by atomic mass is 32.2. The summed E-state index contributed by atoms with van der Waals surface area (Å²) in [5, 5.41) is 0. The SMILES string of the molecule is C=CC(C=C)C(CCCCCCC)NS(=O)(=O)c1ccc(C)cc1. The van der Waals surface area contributed by atoms with Crippen LogP contribution in [0.25, 0.3) is 0 Å². The zero-order chi connectivity index (χ0) is 18.0. The van der Waals surface area contributed by atoms with Gasteiger partial charge in [0, 0.05) is 12.0 Å². The summed E-state index contributed by atoms with van der Waals surface area (Å²) in [5.41, 5.74) is 1.04. The molecule has 0 heterocycles. The van der Waals surface area contributed by atoms with Gasteiger partial charge < -0.3 is 0 Å². The van der Waals surface area contributed by atoms with E-state index in [1.807, 2.05) is 19.1 Å². The fourth-order valence-corrected chi connectivity index (χ4v) is 4.01. The topological polar surface area (TPSA) is 46.2 Å². The van der Waals surface area contributed by atoms with Crippen molar-refractivity contribution in [3.8, 4) is 0 Å². The first kappa shape index (κ1) is 20.7. The number of hydrogen-bond donors (Lipinski definition) is 1. The van der Waals surface area contributed by atoms with Crippen molar-refractivity contribution in [3.63, 3.8) is 0 Å². The van der Waals surface area contributed by atoms with E-state index in [9.17, 15) is 8.42 Å². The minimum Gasteiger partial charge on any atom is -0.207 e. The molecule has 0 radical (unpaired) electrons. The van der Waals surface area contributed by atoms with Gasteiger partial charge in [0.25, 0.3) is 0 Å². The molecule has 0 aliphatic carbocycles. The van der Waals surface area contributed by atoms with Gasteiger partial charge in [-0.3, -0.25) is 0 Å². The van der Waals surface area contributed by atoms with Crippen molar-refractivity contribution in [1.82, 2.24) is 4.72 Å². The maximum absolute atomic E-state index is 12.6. The number of nitrogens with one attached hydrogen (secondary N) is 1. The molecule has 0 saturated heterocycles. The van der Waals surface area contributed by atoms with E-state index in [0.29, 0.717) is 4.90 Å². The molecule has 1 N–H and O–H groups in total. The van der Waals surface area contributed by atoms with Gasteiger partial charge >= 0.3 is 0 Å². The number of sulfonamides is 1. The van der Waals surface area contributed by atoms with Gasteiger partial charge in [-0.2, -0.15) is 0 Å². The third-order valence-corrected chi connectivity index (χ3v) is 5.77. The van der Waals surface area contributed by atoms with Crippen molar-refractivity contribution in [2.24, 2.45) is 5.92 Å². The second-order valence-electron chi connectivity index (χ2n) is 6.29. The molecule has 1 rings (SSSR count). The van der Waals surface area contributed by atoms with Crippen LogP contribution in [0.3, 0.4) is 0 Å². The molecule has 1 unspecified atom stereocenters. The Labute approximate surface area is 147 Å². The van der Waals surface area contributed by atoms with Crippen LogP contribution in [0.1, 0.15) is 51.0 Å². The van der Waals surface area contributed by atoms with Gasteiger partial charge in [0.2, 0.25) is 10.0 Å². The molecule has 134 valence electrons. The first-order valence-electron chi connectivity index (χ1n) is 8.78. The van der Waals surface area contributed by atoms with E-state index in [-0.39, 0.29) is 12.0 Å². The zero-order valence-electron chi connectivity index (χ0n) is 15.0. The molecule has 1 atom stereocenters. The van der Waals surface area contributed by atoms with Crippen molar-refractivity contribution in [2.45, 2.75) is 63.3 Å². The van der Waals surface area contributed by atoms with Crippen molar-refractivity contribution in [1.29, 1.82) is 0 Å². The van der Waals surface area contributed by atoms with Crippen molar-refractivity contribution >= 4 is 10.0 Å². The predicted molar refractivity (Wildman–Crippen MR) is 103 cm³/mol. The molecule has 1 aromatic carbocycles. The highest BCUT2D eigenvalue weighted by molar-refractivity contribution is 7.89. The van der Waals surface area contributed by atoms with E-state index in [4.69, 9.17) is 0 Å². The van der Waals surface area contributed by atoms with Crippen molar-refractivity contribution < 1.29 is 8.42 Å². The van der Waals surface area contributed by atoms with E-state index in [0.717, 1.165) is 24.8 Å². The van der Waals surface area contributed by atoms with Crippen molar-refractivity contribution in [3.05, 3.63) is 55.1 Å². The van der Waals surface area contributed by atoms with Gasteiger partial charge in [-0.15, -0.1) is 13.2 Å². The van der Waals surface area contributed by atoms with Gasteiger partial charge in [-0.05, 0) is 25.5 Å². The molecule has 0 aromatic heterocycles. The van der Waals surface area contributed by atoms with Crippen LogP contribution in [-0.4, -0.2) is 14.5 Å². The van der Waals surface area contributed by atoms with Crippen molar-refractivity contribution in [2.75, 3.05) is 0 Å². The molecular weight excluding hydrogens is 318 g/mol. The summed E-state index contributed by atoms with van der Waals surface area (Å²) < 4.78 is 28.1. The average molecular weight is 350 g/mol. The molecule has 0 spiro atoms. The standard InChI is InChI=1S/C20H31NO2S/c1-5-8-9-10-11-12-20(18(6-2)7-3)21-24(22,23)19-15-13-17(4)14-16-19/h6-7,13-16,18,20-21H,2-3,5,8-12H2,1,4H3. The van der Waals surface area contributed by atoms with Crippen LogP contribution in [0.5, 0.6) is 0 Å². The Hall–Kier alpha value is -1.39. The average Bonchev–Trinajstić information content (AvgIpc) is 2.55. The van der Waals surface area contributed by atoms with Crippen LogP contribution in [0.15, 0.2) is 54.5 Å². The lowest BCUT2D eigenvalue weighted by Crippen LogP contribution is -2.39. The summed E-state index contributed by atoms with van der Waals surface area (Å²) >= 11 is 0. The Morgan fingerprint density at radius 1 is 1.04 bits per heavy atom. The molecular formula is C20H31NO2S. The van der Waals surface area contributed by atoms with Crippen LogP contribution in [0.2, 0.25) is 0 Å². The quantitative estimate of drug-likeness (QED) is 0.427. The first-order chi connectivity index (χ1) is 11.4. The van der Waals surface area contributed by atoms with E-state index in [1.165, 1.54) is 19.3 Å². The minimum atomic E-state index is -3.53. The van der Waals surface area contributed by atoms with Gasteiger partial charge in [0.05, 0.1) is 4.90 Å². The summed E-state index contributed by atoms with van der Waals surface area (Å²) in [5.74, 6) is -0.0728. The van der Waals surface area contributed by atoms with E-state index >= 15 is 0 Å². The van der Waals surface area contributed by atoms with Crippen LogP contribution in [-0.2, 0) is 10.0 Å². The summed E-state index contributed by atoms with van der Waals surface area (Å²) in [6.45, 7) is 11.8. The first-order valence-corrected chi connectivity index (χ1v) is 10.3. The normalized spacial score (nSPS) is 13.0. The summed E-state index contributed by atoms with van der Waals surface area (Å²) in [6.07, 6.45) is 10.1. The van der Waals surface area contributed by atoms with Gasteiger partial charge in [0.1, 0.15) is 0 Å². The van der Waals surface area contributed by atoms with Gasteiger partial charge in [0.15, 0.2) is 0 Å². The van der Waals surface area contributed by atoms with Crippen LogP contribution < -0.4 is 4.72 Å². The molecule has 24 heavy (non-hydrogen) atoms. The number of benzene rings is 1. The minimum absolute atomic E-state index is 0.0728. The number of aryl methyl sites for hydroxylation is 1. The highest BCUT2D eigenvalue weighted by Crippen LogP contribution is 2.19. The Balaban J connectivity index is 2.80. The summed E-state index contributed by atoms with van der Waals surface area (Å²) in [7, 11) is -3.53. The molecule has 0 aliphatic heterocycles. The number of hydrogen-bond acceptors (Lipinski definition) is 2. The third kappa shape index (κ3) is 6.62.